The molecule has 1 N–H and O–H groups in total. The Labute approximate surface area is 172 Å². The summed E-state index contributed by atoms with van der Waals surface area (Å²) in [7, 11) is 0. The van der Waals surface area contributed by atoms with Gasteiger partial charge in [-0.3, -0.25) is 4.79 Å². The van der Waals surface area contributed by atoms with Crippen molar-refractivity contribution in [2.75, 3.05) is 5.75 Å². The number of fused-ring (bicyclic) bond motifs is 1. The number of pyridine rings is 1. The van der Waals surface area contributed by atoms with Gasteiger partial charge in [-0.15, -0.1) is 11.8 Å². The number of halogens is 1. The van der Waals surface area contributed by atoms with Crippen LogP contribution in [0.15, 0.2) is 77.8 Å². The van der Waals surface area contributed by atoms with Gasteiger partial charge in [-0.05, 0) is 42.0 Å². The van der Waals surface area contributed by atoms with Crippen LogP contribution < -0.4 is 5.32 Å². The molecule has 1 amide bonds. The average Bonchev–Trinajstić information content (AvgIpc) is 3.10. The Morgan fingerprint density at radius 2 is 1.83 bits per heavy atom. The van der Waals surface area contributed by atoms with Gasteiger partial charge in [-0.1, -0.05) is 30.3 Å². The molecule has 0 unspecified atom stereocenters. The first-order chi connectivity index (χ1) is 14.2. The fraction of sp³-hybridized carbons (Fsp3) is 0.136. The van der Waals surface area contributed by atoms with Crippen LogP contribution in [-0.4, -0.2) is 26.2 Å². The van der Waals surface area contributed by atoms with E-state index >= 15 is 0 Å². The molecule has 0 aliphatic carbocycles. The van der Waals surface area contributed by atoms with Crippen molar-refractivity contribution >= 4 is 28.8 Å². The molecule has 146 valence electrons. The van der Waals surface area contributed by atoms with Gasteiger partial charge >= 0.3 is 0 Å². The third-order valence-corrected chi connectivity index (χ3v) is 5.41. The second kappa shape index (κ2) is 8.87. The average molecular weight is 406 g/mol. The first-order valence-electron chi connectivity index (χ1n) is 9.18. The van der Waals surface area contributed by atoms with E-state index in [4.69, 9.17) is 0 Å². The first-order valence-corrected chi connectivity index (χ1v) is 10.2. The van der Waals surface area contributed by atoms with E-state index in [0.717, 1.165) is 21.6 Å². The van der Waals surface area contributed by atoms with Crippen LogP contribution in [0.1, 0.15) is 11.4 Å². The molecule has 0 saturated carbocycles. The van der Waals surface area contributed by atoms with E-state index in [9.17, 15) is 9.18 Å². The van der Waals surface area contributed by atoms with Gasteiger partial charge in [0.1, 0.15) is 17.2 Å². The van der Waals surface area contributed by atoms with E-state index in [2.05, 4.69) is 15.3 Å². The normalized spacial score (nSPS) is 10.9. The maximum Gasteiger partial charge on any atom is 0.230 e. The zero-order valence-corrected chi connectivity index (χ0v) is 16.4. The summed E-state index contributed by atoms with van der Waals surface area (Å²) in [6.07, 6.45) is 1.71. The van der Waals surface area contributed by atoms with E-state index in [1.54, 1.807) is 18.3 Å². The standard InChI is InChI=1S/C22H19FN4OS/c23-17-10-8-16(9-11-17)14-27-20(26-19-7-4-12-24-22(19)27)13-25-21(28)15-29-18-5-2-1-3-6-18/h1-12H,13-15H2,(H,25,28). The minimum atomic E-state index is -0.272. The monoisotopic (exact) mass is 406 g/mol. The topological polar surface area (TPSA) is 59.8 Å². The van der Waals surface area contributed by atoms with Crippen LogP contribution in [0.4, 0.5) is 4.39 Å². The highest BCUT2D eigenvalue weighted by Crippen LogP contribution is 2.18. The zero-order valence-electron chi connectivity index (χ0n) is 15.6. The van der Waals surface area contributed by atoms with E-state index in [-0.39, 0.29) is 11.7 Å². The molecule has 0 atom stereocenters. The lowest BCUT2D eigenvalue weighted by Gasteiger charge is -2.10. The predicted octanol–water partition coefficient (Wildman–Crippen LogP) is 4.03. The fourth-order valence-electron chi connectivity index (χ4n) is 2.97. The number of amides is 1. The number of hydrogen-bond donors (Lipinski definition) is 1. The molecule has 0 radical (unpaired) electrons. The molecule has 4 aromatic rings. The summed E-state index contributed by atoms with van der Waals surface area (Å²) in [6, 6.07) is 19.9. The Balaban J connectivity index is 1.47. The van der Waals surface area contributed by atoms with Crippen molar-refractivity contribution in [2.24, 2.45) is 0 Å². The van der Waals surface area contributed by atoms with Gasteiger partial charge < -0.3 is 9.88 Å². The second-order valence-electron chi connectivity index (χ2n) is 6.47. The molecular formula is C22H19FN4OS. The summed E-state index contributed by atoms with van der Waals surface area (Å²) >= 11 is 1.49. The van der Waals surface area contributed by atoms with E-state index in [1.807, 2.05) is 47.0 Å². The number of rotatable bonds is 7. The Kier molecular flexibility index (Phi) is 5.86. The highest BCUT2D eigenvalue weighted by molar-refractivity contribution is 8.00. The largest absolute Gasteiger partial charge is 0.348 e. The number of hydrogen-bond acceptors (Lipinski definition) is 4. The quantitative estimate of drug-likeness (QED) is 0.471. The van der Waals surface area contributed by atoms with Crippen LogP contribution in [0.2, 0.25) is 0 Å². The second-order valence-corrected chi connectivity index (χ2v) is 7.51. The highest BCUT2D eigenvalue weighted by atomic mass is 32.2. The summed E-state index contributed by atoms with van der Waals surface area (Å²) in [5.74, 6) is 0.708. The van der Waals surface area contributed by atoms with Gasteiger partial charge in [0.05, 0.1) is 18.8 Å². The van der Waals surface area contributed by atoms with Crippen molar-refractivity contribution in [1.29, 1.82) is 0 Å². The molecule has 29 heavy (non-hydrogen) atoms. The minimum absolute atomic E-state index is 0.0628. The van der Waals surface area contributed by atoms with Gasteiger partial charge in [0.15, 0.2) is 5.65 Å². The Bertz CT molecular complexity index is 1110. The van der Waals surface area contributed by atoms with Crippen LogP contribution in [0, 0.1) is 5.82 Å². The third kappa shape index (κ3) is 4.81. The molecule has 2 aromatic heterocycles. The summed E-state index contributed by atoms with van der Waals surface area (Å²) in [5, 5.41) is 2.93. The molecular weight excluding hydrogens is 387 g/mol. The Hall–Kier alpha value is -3.19. The van der Waals surface area contributed by atoms with Crippen molar-refractivity contribution < 1.29 is 9.18 Å². The van der Waals surface area contributed by atoms with E-state index < -0.39 is 0 Å². The van der Waals surface area contributed by atoms with Crippen LogP contribution >= 0.6 is 11.8 Å². The molecule has 0 aliphatic rings. The van der Waals surface area contributed by atoms with Gasteiger partial charge in [0.2, 0.25) is 5.91 Å². The summed E-state index contributed by atoms with van der Waals surface area (Å²) in [5.41, 5.74) is 2.43. The number of aromatic nitrogens is 3. The number of nitrogens with one attached hydrogen (secondary N) is 1. The number of carbonyl (C=O) groups excluding carboxylic acids is 1. The van der Waals surface area contributed by atoms with Crippen molar-refractivity contribution in [3.05, 3.63) is 90.1 Å². The van der Waals surface area contributed by atoms with Gasteiger partial charge in [-0.2, -0.15) is 0 Å². The molecule has 2 heterocycles. The number of carbonyl (C=O) groups is 1. The lowest BCUT2D eigenvalue weighted by molar-refractivity contribution is -0.118. The van der Waals surface area contributed by atoms with Crippen molar-refractivity contribution in [2.45, 2.75) is 18.0 Å². The van der Waals surface area contributed by atoms with Crippen molar-refractivity contribution in [3.8, 4) is 0 Å². The van der Waals surface area contributed by atoms with Crippen LogP contribution in [0.5, 0.6) is 0 Å². The molecule has 4 rings (SSSR count). The van der Waals surface area contributed by atoms with E-state index in [0.29, 0.717) is 24.7 Å². The SMILES string of the molecule is O=C(CSc1ccccc1)NCc1nc2cccnc2n1Cc1ccc(F)cc1. The highest BCUT2D eigenvalue weighted by Gasteiger charge is 2.13. The van der Waals surface area contributed by atoms with E-state index in [1.165, 1.54) is 23.9 Å². The minimum Gasteiger partial charge on any atom is -0.348 e. The lowest BCUT2D eigenvalue weighted by Crippen LogP contribution is -2.26. The van der Waals surface area contributed by atoms with Crippen LogP contribution in [0.25, 0.3) is 11.2 Å². The molecule has 0 bridgehead atoms. The zero-order chi connectivity index (χ0) is 20.1. The molecule has 5 nitrogen and oxygen atoms in total. The summed E-state index contributed by atoms with van der Waals surface area (Å²) in [4.78, 5) is 22.4. The van der Waals surface area contributed by atoms with Gasteiger partial charge in [-0.25, -0.2) is 14.4 Å². The van der Waals surface area contributed by atoms with Crippen molar-refractivity contribution in [3.63, 3.8) is 0 Å². The predicted molar refractivity (Wildman–Crippen MR) is 112 cm³/mol. The van der Waals surface area contributed by atoms with Gasteiger partial charge in [0, 0.05) is 11.1 Å². The number of benzene rings is 2. The Morgan fingerprint density at radius 1 is 1.03 bits per heavy atom. The first kappa shape index (κ1) is 19.1. The molecule has 0 spiro atoms. The lowest BCUT2D eigenvalue weighted by atomic mass is 10.2. The van der Waals surface area contributed by atoms with Crippen LogP contribution in [-0.2, 0) is 17.9 Å². The van der Waals surface area contributed by atoms with Crippen LogP contribution in [0.3, 0.4) is 0 Å². The molecule has 7 heteroatoms. The number of nitrogens with zero attached hydrogens (tertiary/aromatic N) is 3. The Morgan fingerprint density at radius 3 is 2.62 bits per heavy atom. The fourth-order valence-corrected chi connectivity index (χ4v) is 3.72. The molecule has 0 saturated heterocycles. The maximum absolute atomic E-state index is 13.2. The molecule has 0 fully saturated rings. The molecule has 0 aliphatic heterocycles. The summed E-state index contributed by atoms with van der Waals surface area (Å²) < 4.78 is 15.2. The molecule has 2 aromatic carbocycles. The smallest absolute Gasteiger partial charge is 0.230 e. The maximum atomic E-state index is 13.2. The van der Waals surface area contributed by atoms with Crippen molar-refractivity contribution in [1.82, 2.24) is 19.9 Å². The van der Waals surface area contributed by atoms with Gasteiger partial charge in [0.25, 0.3) is 0 Å². The summed E-state index contributed by atoms with van der Waals surface area (Å²) in [6.45, 7) is 0.795. The number of imidazole rings is 1. The third-order valence-electron chi connectivity index (χ3n) is 4.39. The number of thioether (sulfide) groups is 1.